The van der Waals surface area contributed by atoms with Crippen LogP contribution >= 0.6 is 11.6 Å². The van der Waals surface area contributed by atoms with E-state index in [4.69, 9.17) is 30.6 Å². The Bertz CT molecular complexity index is 908. The van der Waals surface area contributed by atoms with E-state index in [0.717, 1.165) is 0 Å². The van der Waals surface area contributed by atoms with Gasteiger partial charge in [-0.05, 0) is 18.6 Å². The molecule has 0 radical (unpaired) electrons. The number of carbonyl (C=O) groups is 1. The normalized spacial score (nSPS) is 28.9. The molecule has 26 heavy (non-hydrogen) atoms. The van der Waals surface area contributed by atoms with E-state index in [0.29, 0.717) is 10.9 Å². The summed E-state index contributed by atoms with van der Waals surface area (Å²) in [6.07, 6.45) is -8.82. The van der Waals surface area contributed by atoms with Gasteiger partial charge in [0.2, 0.25) is 6.29 Å². The fraction of sp³-hybridized carbons (Fsp3) is 0.375. The van der Waals surface area contributed by atoms with Crippen LogP contribution < -0.4 is 10.4 Å². The lowest BCUT2D eigenvalue weighted by molar-refractivity contribution is -0.271. The Balaban J connectivity index is 1.96. The Hall–Kier alpha value is -2.17. The third-order valence-corrected chi connectivity index (χ3v) is 4.36. The van der Waals surface area contributed by atoms with Gasteiger partial charge in [0.05, 0.1) is 5.02 Å². The molecule has 140 valence electrons. The fourth-order valence-corrected chi connectivity index (χ4v) is 2.89. The van der Waals surface area contributed by atoms with Crippen molar-refractivity contribution in [3.8, 4) is 5.75 Å². The van der Waals surface area contributed by atoms with Gasteiger partial charge in [-0.25, -0.2) is 9.59 Å². The summed E-state index contributed by atoms with van der Waals surface area (Å²) in [5.74, 6) is -1.60. The van der Waals surface area contributed by atoms with E-state index in [-0.39, 0.29) is 16.4 Å². The molecular weight excluding hydrogens is 372 g/mol. The Morgan fingerprint density at radius 3 is 2.50 bits per heavy atom. The molecule has 5 unspecified atom stereocenters. The smallest absolute Gasteiger partial charge is 0.336 e. The lowest BCUT2D eigenvalue weighted by Gasteiger charge is -2.38. The molecular formula is C16H15ClO9. The van der Waals surface area contributed by atoms with Crippen molar-refractivity contribution < 1.29 is 39.1 Å². The number of carboxylic acids is 1. The molecule has 1 saturated heterocycles. The average Bonchev–Trinajstić information content (AvgIpc) is 2.56. The first kappa shape index (κ1) is 18.6. The van der Waals surface area contributed by atoms with Crippen molar-refractivity contribution in [2.75, 3.05) is 0 Å². The average molecular weight is 387 g/mol. The van der Waals surface area contributed by atoms with Crippen molar-refractivity contribution in [3.63, 3.8) is 0 Å². The third kappa shape index (κ3) is 3.27. The van der Waals surface area contributed by atoms with Crippen molar-refractivity contribution in [2.24, 2.45) is 0 Å². The summed E-state index contributed by atoms with van der Waals surface area (Å²) in [6.45, 7) is 1.69. The molecule has 2 heterocycles. The standard InChI is InChI=1S/C16H15ClO9/c1-5-2-10(18)24-8-4-9(7(17)3-6(5)8)25-16-13(21)11(19)12(20)14(26-16)15(22)23/h2-4,11-14,16,19-21H,1H3,(H,22,23). The van der Waals surface area contributed by atoms with E-state index in [2.05, 4.69) is 0 Å². The molecule has 1 aromatic heterocycles. The van der Waals surface area contributed by atoms with Gasteiger partial charge in [0, 0.05) is 17.5 Å². The molecule has 0 amide bonds. The van der Waals surface area contributed by atoms with Crippen molar-refractivity contribution in [1.29, 1.82) is 0 Å². The molecule has 0 saturated carbocycles. The maximum Gasteiger partial charge on any atom is 0.336 e. The molecule has 0 spiro atoms. The summed E-state index contributed by atoms with van der Waals surface area (Å²) < 4.78 is 15.5. The Labute approximate surface area is 150 Å². The molecule has 1 aliphatic rings. The molecule has 2 aromatic rings. The topological polar surface area (TPSA) is 147 Å². The zero-order valence-corrected chi connectivity index (χ0v) is 14.1. The van der Waals surface area contributed by atoms with Gasteiger partial charge in [-0.2, -0.15) is 0 Å². The van der Waals surface area contributed by atoms with Gasteiger partial charge in [-0.3, -0.25) is 0 Å². The number of rotatable bonds is 3. The first-order valence-electron chi connectivity index (χ1n) is 7.52. The van der Waals surface area contributed by atoms with Gasteiger partial charge >= 0.3 is 11.6 Å². The number of hydrogen-bond acceptors (Lipinski definition) is 8. The van der Waals surface area contributed by atoms with Gasteiger partial charge in [-0.15, -0.1) is 0 Å². The zero-order chi connectivity index (χ0) is 19.2. The van der Waals surface area contributed by atoms with Crippen LogP contribution in [0.3, 0.4) is 0 Å². The Morgan fingerprint density at radius 2 is 1.85 bits per heavy atom. The minimum absolute atomic E-state index is 0.0651. The second kappa shape index (κ2) is 6.86. The van der Waals surface area contributed by atoms with Gasteiger partial charge in [0.15, 0.2) is 6.10 Å². The molecule has 1 aromatic carbocycles. The summed E-state index contributed by atoms with van der Waals surface area (Å²) in [5.41, 5.74) is 0.208. The maximum absolute atomic E-state index is 11.5. The second-order valence-electron chi connectivity index (χ2n) is 5.88. The quantitative estimate of drug-likeness (QED) is 0.536. The van der Waals surface area contributed by atoms with E-state index < -0.39 is 42.3 Å². The lowest BCUT2D eigenvalue weighted by atomic mass is 9.99. The number of ether oxygens (including phenoxy) is 2. The summed E-state index contributed by atoms with van der Waals surface area (Å²) in [6, 6.07) is 4.05. The van der Waals surface area contributed by atoms with Crippen LogP contribution in [0.4, 0.5) is 0 Å². The highest BCUT2D eigenvalue weighted by molar-refractivity contribution is 6.32. The van der Waals surface area contributed by atoms with Gasteiger partial charge in [0.25, 0.3) is 0 Å². The van der Waals surface area contributed by atoms with Crippen LogP contribution in [0.5, 0.6) is 5.75 Å². The minimum Gasteiger partial charge on any atom is -0.479 e. The van der Waals surface area contributed by atoms with Gasteiger partial charge in [-0.1, -0.05) is 11.6 Å². The minimum atomic E-state index is -1.84. The molecule has 1 fully saturated rings. The largest absolute Gasteiger partial charge is 0.479 e. The number of hydrogen-bond donors (Lipinski definition) is 4. The second-order valence-corrected chi connectivity index (χ2v) is 6.29. The first-order valence-corrected chi connectivity index (χ1v) is 7.90. The van der Waals surface area contributed by atoms with E-state index in [1.165, 1.54) is 18.2 Å². The van der Waals surface area contributed by atoms with Gasteiger partial charge in [0.1, 0.15) is 29.6 Å². The molecule has 3 rings (SSSR count). The Kier molecular flexibility index (Phi) is 4.91. The first-order chi connectivity index (χ1) is 12.2. The summed E-state index contributed by atoms with van der Waals surface area (Å²) in [5, 5.41) is 39.2. The number of aryl methyl sites for hydroxylation is 1. The van der Waals surface area contributed by atoms with Crippen molar-refractivity contribution in [3.05, 3.63) is 39.2 Å². The van der Waals surface area contributed by atoms with Crippen molar-refractivity contribution in [1.82, 2.24) is 0 Å². The molecule has 0 bridgehead atoms. The number of benzene rings is 1. The number of carboxylic acid groups (broad SMARTS) is 1. The van der Waals surface area contributed by atoms with Crippen LogP contribution in [0, 0.1) is 6.92 Å². The predicted octanol–water partition coefficient (Wildman–Crippen LogP) is 0.0258. The maximum atomic E-state index is 11.5. The van der Waals surface area contributed by atoms with Crippen LogP contribution in [0.15, 0.2) is 27.4 Å². The third-order valence-electron chi connectivity index (χ3n) is 4.06. The molecule has 1 aliphatic heterocycles. The van der Waals surface area contributed by atoms with Crippen LogP contribution in [0.25, 0.3) is 11.0 Å². The highest BCUT2D eigenvalue weighted by atomic mass is 35.5. The molecule has 9 nitrogen and oxygen atoms in total. The summed E-state index contributed by atoms with van der Waals surface area (Å²) in [4.78, 5) is 22.6. The predicted molar refractivity (Wildman–Crippen MR) is 87.2 cm³/mol. The number of aliphatic hydroxyl groups excluding tert-OH is 3. The summed E-state index contributed by atoms with van der Waals surface area (Å²) >= 11 is 6.14. The summed E-state index contributed by atoms with van der Waals surface area (Å²) in [7, 11) is 0. The van der Waals surface area contributed by atoms with Crippen LogP contribution in [0.1, 0.15) is 5.56 Å². The van der Waals surface area contributed by atoms with Crippen LogP contribution in [-0.2, 0) is 9.53 Å². The van der Waals surface area contributed by atoms with Crippen LogP contribution in [0.2, 0.25) is 5.02 Å². The van der Waals surface area contributed by atoms with E-state index in [9.17, 15) is 24.9 Å². The van der Waals surface area contributed by atoms with Gasteiger partial charge < -0.3 is 34.3 Å². The van der Waals surface area contributed by atoms with Crippen molar-refractivity contribution in [2.45, 2.75) is 37.6 Å². The molecule has 10 heteroatoms. The molecule has 0 aliphatic carbocycles. The van der Waals surface area contributed by atoms with E-state index in [1.54, 1.807) is 6.92 Å². The SMILES string of the molecule is Cc1cc(=O)oc2cc(OC3OC(C(=O)O)C(O)C(O)C3O)c(Cl)cc12. The highest BCUT2D eigenvalue weighted by Crippen LogP contribution is 2.33. The molecule has 4 N–H and O–H groups in total. The van der Waals surface area contributed by atoms with E-state index >= 15 is 0 Å². The van der Waals surface area contributed by atoms with Crippen LogP contribution in [-0.4, -0.2) is 57.1 Å². The fourth-order valence-electron chi connectivity index (χ4n) is 2.68. The number of aliphatic hydroxyl groups is 3. The monoisotopic (exact) mass is 386 g/mol. The number of aliphatic carboxylic acids is 1. The molecule has 5 atom stereocenters. The Morgan fingerprint density at radius 1 is 1.15 bits per heavy atom. The zero-order valence-electron chi connectivity index (χ0n) is 13.3. The van der Waals surface area contributed by atoms with E-state index in [1.807, 2.05) is 0 Å². The van der Waals surface area contributed by atoms with Crippen molar-refractivity contribution >= 4 is 28.5 Å². The lowest BCUT2D eigenvalue weighted by Crippen LogP contribution is -2.61. The highest BCUT2D eigenvalue weighted by Gasteiger charge is 2.48. The number of halogens is 1. The number of fused-ring (bicyclic) bond motifs is 1.